The van der Waals surface area contributed by atoms with E-state index in [0.29, 0.717) is 0 Å². The first-order chi connectivity index (χ1) is 8.83. The Bertz CT molecular complexity index is 519. The van der Waals surface area contributed by atoms with Crippen LogP contribution < -0.4 is 10.2 Å². The third kappa shape index (κ3) is 2.55. The Morgan fingerprint density at radius 1 is 1.11 bits per heavy atom. The lowest BCUT2D eigenvalue weighted by Crippen LogP contribution is -2.43. The van der Waals surface area contributed by atoms with Gasteiger partial charge in [-0.25, -0.2) is 0 Å². The zero-order valence-corrected chi connectivity index (χ0v) is 12.2. The number of piperazine rings is 1. The fraction of sp³-hybridized carbons (Fsp3) is 0.333. The van der Waals surface area contributed by atoms with Crippen LogP contribution in [0.15, 0.2) is 28.1 Å². The molecular formula is C12H13BrN4S. The van der Waals surface area contributed by atoms with E-state index in [2.05, 4.69) is 48.5 Å². The predicted octanol–water partition coefficient (Wildman–Crippen LogP) is 2.38. The average molecular weight is 325 g/mol. The molecule has 0 bridgehead atoms. The normalized spacial score (nSPS) is 15.9. The van der Waals surface area contributed by atoms with Crippen LogP contribution in [0.3, 0.4) is 0 Å². The lowest BCUT2D eigenvalue weighted by Gasteiger charge is -2.27. The van der Waals surface area contributed by atoms with Crippen LogP contribution in [0, 0.1) is 0 Å². The summed E-state index contributed by atoms with van der Waals surface area (Å²) in [5.41, 5.74) is 0.935. The topological polar surface area (TPSA) is 41.0 Å². The number of aromatic nitrogens is 2. The van der Waals surface area contributed by atoms with Gasteiger partial charge in [-0.3, -0.25) is 0 Å². The van der Waals surface area contributed by atoms with E-state index in [1.807, 2.05) is 12.1 Å². The van der Waals surface area contributed by atoms with E-state index >= 15 is 0 Å². The molecule has 94 valence electrons. The number of halogens is 1. The lowest BCUT2D eigenvalue weighted by atomic mass is 10.3. The predicted molar refractivity (Wildman–Crippen MR) is 78.1 cm³/mol. The summed E-state index contributed by atoms with van der Waals surface area (Å²) in [5, 5.41) is 12.0. The molecule has 4 nitrogen and oxygen atoms in total. The third-order valence-electron chi connectivity index (χ3n) is 2.92. The highest BCUT2D eigenvalue weighted by Gasteiger charge is 2.12. The second-order valence-electron chi connectivity index (χ2n) is 4.12. The Morgan fingerprint density at radius 3 is 2.56 bits per heavy atom. The number of nitrogens with zero attached hydrogens (tertiary/aromatic N) is 3. The van der Waals surface area contributed by atoms with E-state index in [9.17, 15) is 0 Å². The van der Waals surface area contributed by atoms with Gasteiger partial charge in [0.15, 0.2) is 5.82 Å². The van der Waals surface area contributed by atoms with Crippen molar-refractivity contribution in [2.75, 3.05) is 31.1 Å². The fourth-order valence-corrected chi connectivity index (χ4v) is 3.32. The van der Waals surface area contributed by atoms with Gasteiger partial charge in [0.05, 0.1) is 8.66 Å². The monoisotopic (exact) mass is 324 g/mol. The summed E-state index contributed by atoms with van der Waals surface area (Å²) in [6.07, 6.45) is 0. The molecule has 0 saturated carbocycles. The van der Waals surface area contributed by atoms with Crippen LogP contribution in [0.5, 0.6) is 0 Å². The maximum atomic E-state index is 4.33. The van der Waals surface area contributed by atoms with Crippen LogP contribution in [-0.4, -0.2) is 36.4 Å². The van der Waals surface area contributed by atoms with Gasteiger partial charge in [0.2, 0.25) is 0 Å². The third-order valence-corrected chi connectivity index (χ3v) is 4.56. The Morgan fingerprint density at radius 2 is 1.94 bits per heavy atom. The first kappa shape index (κ1) is 12.1. The second-order valence-corrected chi connectivity index (χ2v) is 6.58. The highest BCUT2D eigenvalue weighted by Crippen LogP contribution is 2.30. The van der Waals surface area contributed by atoms with Crippen LogP contribution in [0.4, 0.5) is 5.82 Å². The average Bonchev–Trinajstić information content (AvgIpc) is 2.87. The first-order valence-corrected chi connectivity index (χ1v) is 7.49. The minimum atomic E-state index is 0.935. The van der Waals surface area contributed by atoms with Gasteiger partial charge >= 0.3 is 0 Å². The summed E-state index contributed by atoms with van der Waals surface area (Å²) in [6.45, 7) is 4.03. The summed E-state index contributed by atoms with van der Waals surface area (Å²) in [6, 6.07) is 8.19. The molecule has 0 spiro atoms. The first-order valence-electron chi connectivity index (χ1n) is 5.88. The highest BCUT2D eigenvalue weighted by atomic mass is 79.9. The van der Waals surface area contributed by atoms with Gasteiger partial charge in [0.25, 0.3) is 0 Å². The maximum absolute atomic E-state index is 4.33. The Labute approximate surface area is 118 Å². The molecular weight excluding hydrogens is 312 g/mol. The summed E-state index contributed by atoms with van der Waals surface area (Å²) in [5.74, 6) is 0.968. The van der Waals surface area contributed by atoms with Crippen molar-refractivity contribution >= 4 is 33.1 Å². The van der Waals surface area contributed by atoms with E-state index in [4.69, 9.17) is 0 Å². The second kappa shape index (κ2) is 5.34. The molecule has 1 aliphatic rings. The number of nitrogens with one attached hydrogen (secondary N) is 1. The van der Waals surface area contributed by atoms with E-state index in [1.54, 1.807) is 11.3 Å². The standard InChI is InChI=1S/C12H13BrN4S/c13-11-3-2-10(18-11)9-1-4-12(16-15-9)17-7-5-14-6-8-17/h1-4,14H,5-8H2. The Balaban J connectivity index is 1.80. The molecule has 0 radical (unpaired) electrons. The molecule has 2 aromatic heterocycles. The van der Waals surface area contributed by atoms with Gasteiger partial charge in [-0.05, 0) is 40.2 Å². The summed E-state index contributed by atoms with van der Waals surface area (Å²) >= 11 is 5.13. The molecule has 1 N–H and O–H groups in total. The van der Waals surface area contributed by atoms with Crippen molar-refractivity contribution in [1.29, 1.82) is 0 Å². The number of thiophene rings is 1. The van der Waals surface area contributed by atoms with Crippen molar-refractivity contribution in [2.24, 2.45) is 0 Å². The highest BCUT2D eigenvalue weighted by molar-refractivity contribution is 9.11. The molecule has 0 atom stereocenters. The molecule has 3 heterocycles. The summed E-state index contributed by atoms with van der Waals surface area (Å²) < 4.78 is 1.12. The number of anilines is 1. The summed E-state index contributed by atoms with van der Waals surface area (Å²) in [7, 11) is 0. The largest absolute Gasteiger partial charge is 0.353 e. The van der Waals surface area contributed by atoms with E-state index in [0.717, 1.165) is 46.4 Å². The zero-order chi connectivity index (χ0) is 12.4. The van der Waals surface area contributed by atoms with Gasteiger partial charge in [-0.1, -0.05) is 0 Å². The zero-order valence-electron chi connectivity index (χ0n) is 9.77. The van der Waals surface area contributed by atoms with Crippen molar-refractivity contribution in [1.82, 2.24) is 15.5 Å². The van der Waals surface area contributed by atoms with Crippen molar-refractivity contribution in [3.05, 3.63) is 28.1 Å². The van der Waals surface area contributed by atoms with Crippen molar-refractivity contribution in [3.8, 4) is 10.6 Å². The molecule has 2 aromatic rings. The molecule has 0 unspecified atom stereocenters. The van der Waals surface area contributed by atoms with E-state index < -0.39 is 0 Å². The van der Waals surface area contributed by atoms with Gasteiger partial charge in [-0.15, -0.1) is 21.5 Å². The van der Waals surface area contributed by atoms with Crippen LogP contribution in [0.1, 0.15) is 0 Å². The molecule has 6 heteroatoms. The van der Waals surface area contributed by atoms with Crippen LogP contribution >= 0.6 is 27.3 Å². The molecule has 0 amide bonds. The minimum absolute atomic E-state index is 0.935. The number of hydrogen-bond acceptors (Lipinski definition) is 5. The lowest BCUT2D eigenvalue weighted by molar-refractivity contribution is 0.583. The van der Waals surface area contributed by atoms with Gasteiger partial charge in [0, 0.05) is 26.2 Å². The molecule has 3 rings (SSSR count). The van der Waals surface area contributed by atoms with Crippen molar-refractivity contribution in [3.63, 3.8) is 0 Å². The molecule has 1 aliphatic heterocycles. The van der Waals surface area contributed by atoms with Crippen LogP contribution in [0.25, 0.3) is 10.6 Å². The quantitative estimate of drug-likeness (QED) is 0.920. The van der Waals surface area contributed by atoms with Crippen LogP contribution in [0.2, 0.25) is 0 Å². The van der Waals surface area contributed by atoms with Crippen molar-refractivity contribution in [2.45, 2.75) is 0 Å². The van der Waals surface area contributed by atoms with Crippen LogP contribution in [-0.2, 0) is 0 Å². The molecule has 0 aromatic carbocycles. The van der Waals surface area contributed by atoms with Gasteiger partial charge < -0.3 is 10.2 Å². The van der Waals surface area contributed by atoms with Crippen molar-refractivity contribution < 1.29 is 0 Å². The SMILES string of the molecule is Brc1ccc(-c2ccc(N3CCNCC3)nn2)s1. The molecule has 1 saturated heterocycles. The minimum Gasteiger partial charge on any atom is -0.353 e. The molecule has 0 aliphatic carbocycles. The molecule has 18 heavy (non-hydrogen) atoms. The Hall–Kier alpha value is -0.980. The van der Waals surface area contributed by atoms with Gasteiger partial charge in [0.1, 0.15) is 5.69 Å². The smallest absolute Gasteiger partial charge is 0.151 e. The fourth-order valence-electron chi connectivity index (χ4n) is 1.97. The Kier molecular flexibility index (Phi) is 3.58. The number of hydrogen-bond donors (Lipinski definition) is 1. The van der Waals surface area contributed by atoms with E-state index in [1.165, 1.54) is 0 Å². The number of rotatable bonds is 2. The maximum Gasteiger partial charge on any atom is 0.151 e. The van der Waals surface area contributed by atoms with E-state index in [-0.39, 0.29) is 0 Å². The molecule has 1 fully saturated rings. The summed E-state index contributed by atoms with van der Waals surface area (Å²) in [4.78, 5) is 3.40. The van der Waals surface area contributed by atoms with Gasteiger partial charge in [-0.2, -0.15) is 0 Å².